The first kappa shape index (κ1) is 14.4. The Balaban J connectivity index is 1.32. The number of nitrogens with one attached hydrogen (secondary N) is 1. The molecule has 1 saturated carbocycles. The summed E-state index contributed by atoms with van der Waals surface area (Å²) in [6.45, 7) is 2.47. The van der Waals surface area contributed by atoms with Gasteiger partial charge in [-0.1, -0.05) is 30.3 Å². The molecule has 1 aliphatic heterocycles. The third-order valence-corrected chi connectivity index (χ3v) is 4.86. The first-order valence-electron chi connectivity index (χ1n) is 8.00. The van der Waals surface area contributed by atoms with Gasteiger partial charge in [0.2, 0.25) is 0 Å². The molecule has 0 radical (unpaired) electrons. The normalized spacial score (nSPS) is 25.8. The van der Waals surface area contributed by atoms with Gasteiger partial charge in [0, 0.05) is 25.0 Å². The lowest BCUT2D eigenvalue weighted by molar-refractivity contribution is 0.123. The molecule has 21 heavy (non-hydrogen) atoms. The van der Waals surface area contributed by atoms with Crippen molar-refractivity contribution >= 4 is 6.09 Å². The maximum atomic E-state index is 10.9. The van der Waals surface area contributed by atoms with Crippen LogP contribution in [0.4, 0.5) is 4.79 Å². The number of amides is 1. The molecule has 114 valence electrons. The smallest absolute Gasteiger partial charge is 0.407 e. The average molecular weight is 288 g/mol. The van der Waals surface area contributed by atoms with Gasteiger partial charge in [0.1, 0.15) is 0 Å². The van der Waals surface area contributed by atoms with Gasteiger partial charge in [-0.15, -0.1) is 0 Å². The molecule has 2 aliphatic rings. The fraction of sp³-hybridized carbons (Fsp3) is 0.588. The summed E-state index contributed by atoms with van der Waals surface area (Å²) in [6.07, 6.45) is 3.68. The van der Waals surface area contributed by atoms with Crippen molar-refractivity contribution in [3.63, 3.8) is 0 Å². The highest BCUT2D eigenvalue weighted by atomic mass is 16.4. The Morgan fingerprint density at radius 2 is 1.95 bits per heavy atom. The topological polar surface area (TPSA) is 52.6 Å². The van der Waals surface area contributed by atoms with Gasteiger partial charge in [0.05, 0.1) is 0 Å². The van der Waals surface area contributed by atoms with Crippen LogP contribution in [-0.4, -0.2) is 41.8 Å². The highest BCUT2D eigenvalue weighted by molar-refractivity contribution is 5.64. The molecule has 1 saturated heterocycles. The minimum atomic E-state index is -0.768. The maximum absolute atomic E-state index is 10.9. The summed E-state index contributed by atoms with van der Waals surface area (Å²) in [6, 6.07) is 11.4. The lowest BCUT2D eigenvalue weighted by atomic mass is 9.94. The van der Waals surface area contributed by atoms with E-state index in [4.69, 9.17) is 5.11 Å². The van der Waals surface area contributed by atoms with Crippen LogP contribution >= 0.6 is 0 Å². The molecule has 0 unspecified atom stereocenters. The highest BCUT2D eigenvalue weighted by Gasteiger charge is 2.37. The minimum absolute atomic E-state index is 0.645. The van der Waals surface area contributed by atoms with Crippen molar-refractivity contribution < 1.29 is 9.90 Å². The standard InChI is InChI=1S/C17H24N2O2/c20-17(21)19-10-7-13(8-11-19)6-9-18-16-12-15(16)14-4-2-1-3-5-14/h1-5,13,15-16,18H,6-12H2,(H,20,21)/t15-,16+/m0/s1. The maximum Gasteiger partial charge on any atom is 0.407 e. The van der Waals surface area contributed by atoms with E-state index in [0.29, 0.717) is 31.0 Å². The molecule has 0 aromatic heterocycles. The van der Waals surface area contributed by atoms with Crippen molar-refractivity contribution in [2.75, 3.05) is 19.6 Å². The Bertz CT molecular complexity index is 469. The lowest BCUT2D eigenvalue weighted by Crippen LogP contribution is -2.38. The molecule has 0 bridgehead atoms. The van der Waals surface area contributed by atoms with Crippen molar-refractivity contribution in [3.8, 4) is 0 Å². The Hall–Kier alpha value is -1.55. The predicted molar refractivity (Wildman–Crippen MR) is 82.5 cm³/mol. The van der Waals surface area contributed by atoms with Crippen molar-refractivity contribution in [2.24, 2.45) is 5.92 Å². The highest BCUT2D eigenvalue weighted by Crippen LogP contribution is 2.40. The number of nitrogens with zero attached hydrogens (tertiary/aromatic N) is 1. The summed E-state index contributed by atoms with van der Waals surface area (Å²) in [5, 5.41) is 12.6. The Kier molecular flexibility index (Phi) is 4.44. The van der Waals surface area contributed by atoms with E-state index < -0.39 is 6.09 Å². The molecule has 3 rings (SSSR count). The van der Waals surface area contributed by atoms with Crippen molar-refractivity contribution in [1.29, 1.82) is 0 Å². The van der Waals surface area contributed by atoms with E-state index >= 15 is 0 Å². The molecule has 0 spiro atoms. The van der Waals surface area contributed by atoms with E-state index in [1.807, 2.05) is 0 Å². The van der Waals surface area contributed by atoms with Gasteiger partial charge < -0.3 is 15.3 Å². The fourth-order valence-corrected chi connectivity index (χ4v) is 3.38. The van der Waals surface area contributed by atoms with Crippen LogP contribution < -0.4 is 5.32 Å². The molecular weight excluding hydrogens is 264 g/mol. The number of likely N-dealkylation sites (tertiary alicyclic amines) is 1. The molecule has 1 amide bonds. The van der Waals surface area contributed by atoms with E-state index in [2.05, 4.69) is 35.6 Å². The molecule has 4 heteroatoms. The molecule has 1 aliphatic carbocycles. The number of carbonyl (C=O) groups is 1. The quantitative estimate of drug-likeness (QED) is 0.876. The monoisotopic (exact) mass is 288 g/mol. The van der Waals surface area contributed by atoms with E-state index in [0.717, 1.165) is 19.4 Å². The van der Waals surface area contributed by atoms with Gasteiger partial charge in [-0.3, -0.25) is 0 Å². The molecule has 1 heterocycles. The molecule has 4 nitrogen and oxygen atoms in total. The van der Waals surface area contributed by atoms with Crippen LogP contribution in [0.15, 0.2) is 30.3 Å². The molecular formula is C17H24N2O2. The summed E-state index contributed by atoms with van der Waals surface area (Å²) in [7, 11) is 0. The summed E-state index contributed by atoms with van der Waals surface area (Å²) in [5.74, 6) is 1.38. The van der Waals surface area contributed by atoms with Gasteiger partial charge in [-0.05, 0) is 43.7 Å². The summed E-state index contributed by atoms with van der Waals surface area (Å²) in [4.78, 5) is 12.4. The number of piperidine rings is 1. The van der Waals surface area contributed by atoms with Crippen molar-refractivity contribution in [3.05, 3.63) is 35.9 Å². The number of carboxylic acid groups (broad SMARTS) is 1. The molecule has 2 N–H and O–H groups in total. The largest absolute Gasteiger partial charge is 0.465 e. The number of rotatable bonds is 5. The lowest BCUT2D eigenvalue weighted by Gasteiger charge is -2.30. The van der Waals surface area contributed by atoms with Crippen LogP contribution in [0.5, 0.6) is 0 Å². The van der Waals surface area contributed by atoms with Gasteiger partial charge in [-0.2, -0.15) is 0 Å². The van der Waals surface area contributed by atoms with E-state index in [-0.39, 0.29) is 0 Å². The predicted octanol–water partition coefficient (Wildman–Crippen LogP) is 2.91. The molecule has 2 atom stereocenters. The van der Waals surface area contributed by atoms with Gasteiger partial charge in [0.25, 0.3) is 0 Å². The minimum Gasteiger partial charge on any atom is -0.465 e. The van der Waals surface area contributed by atoms with E-state index in [1.165, 1.54) is 23.3 Å². The fourth-order valence-electron chi connectivity index (χ4n) is 3.38. The van der Waals surface area contributed by atoms with Crippen LogP contribution in [-0.2, 0) is 0 Å². The second-order valence-corrected chi connectivity index (χ2v) is 6.32. The first-order chi connectivity index (χ1) is 10.2. The van der Waals surface area contributed by atoms with Gasteiger partial charge in [-0.25, -0.2) is 4.79 Å². The summed E-state index contributed by atoms with van der Waals surface area (Å²) in [5.41, 5.74) is 1.45. The zero-order chi connectivity index (χ0) is 14.7. The zero-order valence-corrected chi connectivity index (χ0v) is 12.4. The van der Waals surface area contributed by atoms with Crippen LogP contribution in [0.25, 0.3) is 0 Å². The summed E-state index contributed by atoms with van der Waals surface area (Å²) < 4.78 is 0. The molecule has 2 fully saturated rings. The van der Waals surface area contributed by atoms with Crippen LogP contribution in [0, 0.1) is 5.92 Å². The van der Waals surface area contributed by atoms with Crippen LogP contribution in [0.3, 0.4) is 0 Å². The van der Waals surface area contributed by atoms with Crippen LogP contribution in [0.2, 0.25) is 0 Å². The van der Waals surface area contributed by atoms with Gasteiger partial charge in [0.15, 0.2) is 0 Å². The van der Waals surface area contributed by atoms with E-state index in [9.17, 15) is 4.79 Å². The number of hydrogen-bond acceptors (Lipinski definition) is 2. The van der Waals surface area contributed by atoms with Crippen molar-refractivity contribution in [1.82, 2.24) is 10.2 Å². The second-order valence-electron chi connectivity index (χ2n) is 6.32. The third kappa shape index (κ3) is 3.76. The zero-order valence-electron chi connectivity index (χ0n) is 12.4. The average Bonchev–Trinajstić information content (AvgIpc) is 3.28. The number of hydrogen-bond donors (Lipinski definition) is 2. The Morgan fingerprint density at radius 1 is 1.24 bits per heavy atom. The Labute approximate surface area is 126 Å². The molecule has 1 aromatic carbocycles. The SMILES string of the molecule is O=C(O)N1CCC(CCN[C@@H]2C[C@H]2c2ccccc2)CC1. The summed E-state index contributed by atoms with van der Waals surface area (Å²) >= 11 is 0. The van der Waals surface area contributed by atoms with Crippen LogP contribution in [0.1, 0.15) is 37.2 Å². The van der Waals surface area contributed by atoms with Gasteiger partial charge >= 0.3 is 6.09 Å². The van der Waals surface area contributed by atoms with Crippen molar-refractivity contribution in [2.45, 2.75) is 37.6 Å². The van der Waals surface area contributed by atoms with E-state index in [1.54, 1.807) is 0 Å². The third-order valence-electron chi connectivity index (χ3n) is 4.86. The Morgan fingerprint density at radius 3 is 2.62 bits per heavy atom. The first-order valence-corrected chi connectivity index (χ1v) is 8.00. The number of benzene rings is 1. The molecule has 1 aromatic rings. The second kappa shape index (κ2) is 6.48.